The van der Waals surface area contributed by atoms with Crippen molar-refractivity contribution in [2.24, 2.45) is 7.05 Å². The molecule has 0 aliphatic rings. The molecule has 18 heavy (non-hydrogen) atoms. The van der Waals surface area contributed by atoms with Gasteiger partial charge in [-0.3, -0.25) is 0 Å². The molecule has 1 heterocycles. The molecule has 8 heteroatoms. The third-order valence-corrected chi connectivity index (χ3v) is 2.14. The summed E-state index contributed by atoms with van der Waals surface area (Å²) >= 11 is 0. The van der Waals surface area contributed by atoms with Crippen LogP contribution in [0, 0.1) is 0 Å². The van der Waals surface area contributed by atoms with Gasteiger partial charge in [-0.25, -0.2) is 4.68 Å². The molecule has 2 N–H and O–H groups in total. The second kappa shape index (κ2) is 4.21. The summed E-state index contributed by atoms with van der Waals surface area (Å²) in [4.78, 5) is 3.95. The highest BCUT2D eigenvalue weighted by Crippen LogP contribution is 2.25. The number of nitrogen functional groups attached to an aromatic ring is 1. The highest BCUT2D eigenvalue weighted by Gasteiger charge is 2.30. The third kappa shape index (κ3) is 2.70. The van der Waals surface area contributed by atoms with E-state index in [9.17, 15) is 13.2 Å². The Balaban J connectivity index is 2.22. The first-order valence-corrected chi connectivity index (χ1v) is 4.88. The predicted octanol–water partition coefficient (Wildman–Crippen LogP) is 1.96. The average Bonchev–Trinajstić information content (AvgIpc) is 2.58. The normalized spacial score (nSPS) is 11.6. The molecule has 0 aliphatic heterocycles. The molecule has 0 radical (unpaired) electrons. The van der Waals surface area contributed by atoms with Crippen LogP contribution in [0.5, 0.6) is 5.75 Å². The number of nitrogens with two attached hydrogens (primary N) is 1. The maximum absolute atomic E-state index is 12.0. The number of anilines is 1. The zero-order valence-electron chi connectivity index (χ0n) is 9.27. The van der Waals surface area contributed by atoms with E-state index in [0.29, 0.717) is 11.4 Å². The summed E-state index contributed by atoms with van der Waals surface area (Å²) in [6, 6.07) is 5.23. The van der Waals surface area contributed by atoms with Crippen molar-refractivity contribution in [3.63, 3.8) is 0 Å². The topological polar surface area (TPSA) is 66.0 Å². The van der Waals surface area contributed by atoms with E-state index in [2.05, 4.69) is 14.8 Å². The number of hydrogen-bond acceptors (Lipinski definition) is 4. The van der Waals surface area contributed by atoms with Gasteiger partial charge in [-0.05, 0) is 24.3 Å². The van der Waals surface area contributed by atoms with Gasteiger partial charge in [-0.1, -0.05) is 0 Å². The SMILES string of the molecule is Cn1nc(-c2ccc(OC(F)(F)F)cc2)nc1N. The smallest absolute Gasteiger partial charge is 0.406 e. The van der Waals surface area contributed by atoms with Gasteiger partial charge in [0.25, 0.3) is 0 Å². The minimum absolute atomic E-state index is 0.223. The highest BCUT2D eigenvalue weighted by molar-refractivity contribution is 5.57. The average molecular weight is 258 g/mol. The number of hydrogen-bond donors (Lipinski definition) is 1. The first-order chi connectivity index (χ1) is 8.35. The van der Waals surface area contributed by atoms with E-state index in [1.54, 1.807) is 7.05 Å². The number of ether oxygens (including phenoxy) is 1. The zero-order valence-corrected chi connectivity index (χ0v) is 9.27. The summed E-state index contributed by atoms with van der Waals surface area (Å²) in [5.74, 6) is 0.268. The summed E-state index contributed by atoms with van der Waals surface area (Å²) in [5.41, 5.74) is 6.06. The maximum atomic E-state index is 12.0. The van der Waals surface area contributed by atoms with E-state index in [1.165, 1.54) is 28.9 Å². The van der Waals surface area contributed by atoms with Gasteiger partial charge in [-0.2, -0.15) is 4.98 Å². The molecule has 0 aliphatic carbocycles. The minimum Gasteiger partial charge on any atom is -0.406 e. The first kappa shape index (κ1) is 12.2. The van der Waals surface area contributed by atoms with Crippen molar-refractivity contribution in [1.29, 1.82) is 0 Å². The van der Waals surface area contributed by atoms with Gasteiger partial charge in [0.2, 0.25) is 5.95 Å². The van der Waals surface area contributed by atoms with Gasteiger partial charge in [-0.15, -0.1) is 18.3 Å². The molecule has 1 aromatic heterocycles. The number of halogens is 3. The lowest BCUT2D eigenvalue weighted by atomic mass is 10.2. The Bertz CT molecular complexity index is 528. The molecule has 1 aromatic carbocycles. The fourth-order valence-corrected chi connectivity index (χ4v) is 1.32. The molecular formula is C10H9F3N4O. The van der Waals surface area contributed by atoms with E-state index < -0.39 is 6.36 Å². The highest BCUT2D eigenvalue weighted by atomic mass is 19.4. The van der Waals surface area contributed by atoms with E-state index in [1.807, 2.05) is 0 Å². The fourth-order valence-electron chi connectivity index (χ4n) is 1.32. The van der Waals surface area contributed by atoms with Crippen LogP contribution in [0.4, 0.5) is 19.1 Å². The number of benzene rings is 1. The van der Waals surface area contributed by atoms with Gasteiger partial charge in [0.05, 0.1) is 0 Å². The lowest BCUT2D eigenvalue weighted by Gasteiger charge is -2.08. The van der Waals surface area contributed by atoms with Crippen LogP contribution in [0.15, 0.2) is 24.3 Å². The van der Waals surface area contributed by atoms with Crippen LogP contribution in [0.3, 0.4) is 0 Å². The number of aryl methyl sites for hydroxylation is 1. The minimum atomic E-state index is -4.70. The van der Waals surface area contributed by atoms with Crippen molar-refractivity contribution >= 4 is 5.95 Å². The van der Waals surface area contributed by atoms with Crippen LogP contribution in [-0.4, -0.2) is 21.1 Å². The van der Waals surface area contributed by atoms with Crippen molar-refractivity contribution in [3.05, 3.63) is 24.3 Å². The molecule has 0 amide bonds. The molecule has 2 rings (SSSR count). The van der Waals surface area contributed by atoms with Crippen LogP contribution < -0.4 is 10.5 Å². The molecule has 0 saturated carbocycles. The van der Waals surface area contributed by atoms with Crippen molar-refractivity contribution in [2.75, 3.05) is 5.73 Å². The van der Waals surface area contributed by atoms with E-state index >= 15 is 0 Å². The molecule has 0 saturated heterocycles. The lowest BCUT2D eigenvalue weighted by molar-refractivity contribution is -0.274. The Morgan fingerprint density at radius 1 is 1.22 bits per heavy atom. The molecule has 0 fully saturated rings. The predicted molar refractivity (Wildman–Crippen MR) is 57.5 cm³/mol. The second-order valence-electron chi connectivity index (χ2n) is 3.49. The Morgan fingerprint density at radius 3 is 2.28 bits per heavy atom. The van der Waals surface area contributed by atoms with Crippen LogP contribution in [0.2, 0.25) is 0 Å². The van der Waals surface area contributed by atoms with Gasteiger partial charge in [0, 0.05) is 12.6 Å². The number of alkyl halides is 3. The van der Waals surface area contributed by atoms with E-state index in [4.69, 9.17) is 5.73 Å². The molecule has 96 valence electrons. The molecule has 0 unspecified atom stereocenters. The Morgan fingerprint density at radius 2 is 1.83 bits per heavy atom. The third-order valence-electron chi connectivity index (χ3n) is 2.14. The summed E-state index contributed by atoms with van der Waals surface area (Å²) in [7, 11) is 1.62. The van der Waals surface area contributed by atoms with Crippen LogP contribution in [0.1, 0.15) is 0 Å². The number of nitrogens with zero attached hydrogens (tertiary/aromatic N) is 3. The van der Waals surface area contributed by atoms with Crippen LogP contribution in [0.25, 0.3) is 11.4 Å². The van der Waals surface area contributed by atoms with Gasteiger partial charge in [0.15, 0.2) is 5.82 Å². The molecule has 0 atom stereocenters. The number of rotatable bonds is 2. The van der Waals surface area contributed by atoms with Crippen molar-refractivity contribution < 1.29 is 17.9 Å². The Kier molecular flexibility index (Phi) is 2.85. The van der Waals surface area contributed by atoms with Gasteiger partial charge < -0.3 is 10.5 Å². The summed E-state index contributed by atoms with van der Waals surface area (Å²) in [6.07, 6.45) is -4.70. The largest absolute Gasteiger partial charge is 0.573 e. The zero-order chi connectivity index (χ0) is 13.3. The monoisotopic (exact) mass is 258 g/mol. The molecule has 0 bridgehead atoms. The molecule has 2 aromatic rings. The van der Waals surface area contributed by atoms with E-state index in [-0.39, 0.29) is 11.7 Å². The molecule has 0 spiro atoms. The Labute approximate surface area is 100.0 Å². The lowest BCUT2D eigenvalue weighted by Crippen LogP contribution is -2.16. The van der Waals surface area contributed by atoms with Crippen molar-refractivity contribution in [2.45, 2.75) is 6.36 Å². The maximum Gasteiger partial charge on any atom is 0.573 e. The summed E-state index contributed by atoms with van der Waals surface area (Å²) in [6.45, 7) is 0. The summed E-state index contributed by atoms with van der Waals surface area (Å²) < 4.78 is 41.0. The molecular weight excluding hydrogens is 249 g/mol. The van der Waals surface area contributed by atoms with E-state index in [0.717, 1.165) is 0 Å². The van der Waals surface area contributed by atoms with Crippen LogP contribution in [-0.2, 0) is 7.05 Å². The van der Waals surface area contributed by atoms with Gasteiger partial charge in [0.1, 0.15) is 5.75 Å². The Hall–Kier alpha value is -2.25. The van der Waals surface area contributed by atoms with Gasteiger partial charge >= 0.3 is 6.36 Å². The number of aromatic nitrogens is 3. The van der Waals surface area contributed by atoms with Crippen molar-refractivity contribution in [1.82, 2.24) is 14.8 Å². The second-order valence-corrected chi connectivity index (χ2v) is 3.49. The van der Waals surface area contributed by atoms with Crippen LogP contribution >= 0.6 is 0 Å². The summed E-state index contributed by atoms with van der Waals surface area (Å²) in [5, 5.41) is 4.00. The van der Waals surface area contributed by atoms with Crippen molar-refractivity contribution in [3.8, 4) is 17.1 Å². The fraction of sp³-hybridized carbons (Fsp3) is 0.200. The first-order valence-electron chi connectivity index (χ1n) is 4.88. The quantitative estimate of drug-likeness (QED) is 0.894. The molecule has 5 nitrogen and oxygen atoms in total. The standard InChI is InChI=1S/C10H9F3N4O/c1-17-9(14)15-8(16-17)6-2-4-7(5-3-6)18-10(11,12)13/h2-5H,1H3,(H2,14,15,16).